The van der Waals surface area contributed by atoms with Crippen molar-refractivity contribution in [1.29, 1.82) is 0 Å². The maximum absolute atomic E-state index is 4.73. The number of aromatic nitrogens is 2. The van der Waals surface area contributed by atoms with Crippen molar-refractivity contribution in [3.63, 3.8) is 0 Å². The van der Waals surface area contributed by atoms with E-state index in [0.717, 1.165) is 22.5 Å². The van der Waals surface area contributed by atoms with Crippen LogP contribution in [0.1, 0.15) is 25.3 Å². The molecule has 0 unspecified atom stereocenters. The first-order valence-electron chi connectivity index (χ1n) is 16.8. The molecule has 0 fully saturated rings. The SMILES string of the molecule is CC(C)c1ccnc(-c2[c-]ccc3c2sc2c([Si](C)(C)C)c(-c4ccccc4)ccc23)c1.C[Si](C)(C)c1ccc(-c2[c-]cccc2)nc1.[Ir]. The van der Waals surface area contributed by atoms with Gasteiger partial charge in [-0.2, -0.15) is 11.3 Å². The molecule has 0 saturated heterocycles. The van der Waals surface area contributed by atoms with Crippen molar-refractivity contribution in [2.45, 2.75) is 59.0 Å². The first-order chi connectivity index (χ1) is 22.9. The Morgan fingerprint density at radius 2 is 1.39 bits per heavy atom. The Balaban J connectivity index is 0.000000233. The first kappa shape index (κ1) is 36.8. The minimum atomic E-state index is -1.62. The van der Waals surface area contributed by atoms with Crippen LogP contribution in [0, 0.1) is 12.1 Å². The summed E-state index contributed by atoms with van der Waals surface area (Å²) in [6.45, 7) is 18.8. The summed E-state index contributed by atoms with van der Waals surface area (Å²) in [6.07, 6.45) is 3.95. The molecule has 4 aromatic carbocycles. The molecule has 3 heterocycles. The normalized spacial score (nSPS) is 11.7. The van der Waals surface area contributed by atoms with Crippen LogP contribution in [0.3, 0.4) is 0 Å². The van der Waals surface area contributed by atoms with Crippen LogP contribution < -0.4 is 10.4 Å². The molecule has 0 aliphatic carbocycles. The van der Waals surface area contributed by atoms with Crippen molar-refractivity contribution in [3.05, 3.63) is 133 Å². The summed E-state index contributed by atoms with van der Waals surface area (Å²) < 4.78 is 2.72. The number of pyridine rings is 2. The molecule has 7 aromatic rings. The number of hydrogen-bond donors (Lipinski definition) is 0. The van der Waals surface area contributed by atoms with E-state index in [-0.39, 0.29) is 20.1 Å². The minimum absolute atomic E-state index is 0. The topological polar surface area (TPSA) is 25.8 Å². The Bertz CT molecular complexity index is 2160. The van der Waals surface area contributed by atoms with Crippen molar-refractivity contribution in [2.75, 3.05) is 0 Å². The van der Waals surface area contributed by atoms with Crippen LogP contribution in [0.4, 0.5) is 0 Å². The molecule has 251 valence electrons. The zero-order valence-electron chi connectivity index (χ0n) is 29.7. The maximum Gasteiger partial charge on any atom is 0.0802 e. The molecule has 0 bridgehead atoms. The van der Waals surface area contributed by atoms with Crippen molar-refractivity contribution in [1.82, 2.24) is 9.97 Å². The molecule has 0 atom stereocenters. The summed E-state index contributed by atoms with van der Waals surface area (Å²) >= 11 is 1.92. The Hall–Kier alpha value is -3.52. The number of benzene rings is 4. The second-order valence-corrected chi connectivity index (χ2v) is 25.9. The predicted molar refractivity (Wildman–Crippen MR) is 215 cm³/mol. The van der Waals surface area contributed by atoms with Gasteiger partial charge in [0.05, 0.1) is 16.1 Å². The van der Waals surface area contributed by atoms with E-state index in [2.05, 4.69) is 149 Å². The zero-order valence-corrected chi connectivity index (χ0v) is 34.9. The van der Waals surface area contributed by atoms with Gasteiger partial charge >= 0.3 is 0 Å². The molecule has 7 rings (SSSR count). The van der Waals surface area contributed by atoms with Crippen LogP contribution in [0.5, 0.6) is 0 Å². The van der Waals surface area contributed by atoms with Gasteiger partial charge in [0.1, 0.15) is 0 Å². The molecule has 49 heavy (non-hydrogen) atoms. The van der Waals surface area contributed by atoms with Crippen LogP contribution in [0.25, 0.3) is 53.8 Å². The molecule has 0 N–H and O–H groups in total. The molecule has 0 spiro atoms. The molecule has 2 nitrogen and oxygen atoms in total. The quantitative estimate of drug-likeness (QED) is 0.123. The fourth-order valence-electron chi connectivity index (χ4n) is 6.09. The fourth-order valence-corrected chi connectivity index (χ4v) is 11.3. The minimum Gasteiger partial charge on any atom is -0.305 e. The summed E-state index contributed by atoms with van der Waals surface area (Å²) in [5.74, 6) is 0.477. The van der Waals surface area contributed by atoms with Gasteiger partial charge in [-0.25, -0.2) is 0 Å². The summed E-state index contributed by atoms with van der Waals surface area (Å²) in [7, 11) is -2.85. The summed E-state index contributed by atoms with van der Waals surface area (Å²) in [4.78, 5) is 9.25. The number of hydrogen-bond acceptors (Lipinski definition) is 3. The molecule has 0 aliphatic heterocycles. The van der Waals surface area contributed by atoms with Gasteiger partial charge in [-0.1, -0.05) is 125 Å². The van der Waals surface area contributed by atoms with Gasteiger partial charge in [-0.15, -0.1) is 59.7 Å². The largest absolute Gasteiger partial charge is 0.305 e. The van der Waals surface area contributed by atoms with Crippen molar-refractivity contribution in [3.8, 4) is 33.6 Å². The third-order valence-electron chi connectivity index (χ3n) is 8.76. The summed E-state index contributed by atoms with van der Waals surface area (Å²) in [5, 5.41) is 5.62. The van der Waals surface area contributed by atoms with E-state index in [9.17, 15) is 0 Å². The molecule has 0 saturated carbocycles. The molecule has 6 heteroatoms. The van der Waals surface area contributed by atoms with Gasteiger partial charge in [-0.05, 0) is 55.0 Å². The average Bonchev–Trinajstić information content (AvgIpc) is 3.47. The Labute approximate surface area is 312 Å². The van der Waals surface area contributed by atoms with E-state index in [1.165, 1.54) is 42.0 Å². The van der Waals surface area contributed by atoms with Gasteiger partial charge in [0, 0.05) is 37.2 Å². The van der Waals surface area contributed by atoms with E-state index >= 15 is 0 Å². The Morgan fingerprint density at radius 1 is 0.653 bits per heavy atom. The van der Waals surface area contributed by atoms with Crippen molar-refractivity contribution >= 4 is 58.0 Å². The van der Waals surface area contributed by atoms with Crippen LogP contribution in [-0.4, -0.2) is 26.1 Å². The third-order valence-corrected chi connectivity index (χ3v) is 14.2. The number of nitrogens with zero attached hydrogens (tertiary/aromatic N) is 2. The van der Waals surface area contributed by atoms with Gasteiger partial charge in [0.15, 0.2) is 0 Å². The van der Waals surface area contributed by atoms with Gasteiger partial charge in [0.25, 0.3) is 0 Å². The average molecular weight is 869 g/mol. The smallest absolute Gasteiger partial charge is 0.0802 e. The zero-order chi connectivity index (χ0) is 34.1. The van der Waals surface area contributed by atoms with E-state index in [1.807, 2.05) is 48.0 Å². The van der Waals surface area contributed by atoms with Crippen LogP contribution in [0.2, 0.25) is 39.3 Å². The Kier molecular flexibility index (Phi) is 11.4. The monoisotopic (exact) mass is 869 g/mol. The molecule has 1 radical (unpaired) electrons. The third kappa shape index (κ3) is 8.11. The van der Waals surface area contributed by atoms with Gasteiger partial charge in [-0.3, -0.25) is 0 Å². The molecular weight excluding hydrogens is 825 g/mol. The van der Waals surface area contributed by atoms with E-state index in [0.29, 0.717) is 5.92 Å². The second kappa shape index (κ2) is 15.2. The fraction of sp³-hybridized carbons (Fsp3) is 0.209. The van der Waals surface area contributed by atoms with Crippen LogP contribution in [-0.2, 0) is 20.1 Å². The van der Waals surface area contributed by atoms with E-state index in [4.69, 9.17) is 4.98 Å². The van der Waals surface area contributed by atoms with Crippen LogP contribution >= 0.6 is 11.3 Å². The second-order valence-electron chi connectivity index (χ2n) is 14.8. The van der Waals surface area contributed by atoms with E-state index < -0.39 is 16.1 Å². The molecule has 0 aliphatic rings. The van der Waals surface area contributed by atoms with Gasteiger partial charge < -0.3 is 9.97 Å². The molecular formula is C43H44IrN2SSi2-2. The van der Waals surface area contributed by atoms with Gasteiger partial charge in [0.2, 0.25) is 0 Å². The Morgan fingerprint density at radius 3 is 2.02 bits per heavy atom. The first-order valence-corrected chi connectivity index (χ1v) is 24.6. The standard InChI is InChI=1S/C29H28NSSi.C14H16NSi.Ir/c1-19(2)21-16-17-30-26(18-21)25-13-9-12-23-24-15-14-22(20-10-7-6-8-11-20)29(32(3,4)5)28(24)31-27(23)25;1-16(2,3)13-9-10-14(15-11-13)12-7-5-4-6-8-12;/h6-12,14-19H,1-5H3;4-7,9-11H,1-3H3;/q2*-1;. The van der Waals surface area contributed by atoms with Crippen LogP contribution in [0.15, 0.2) is 116 Å². The van der Waals surface area contributed by atoms with Crippen molar-refractivity contribution in [2.24, 2.45) is 0 Å². The molecule has 0 amide bonds. The summed E-state index contributed by atoms with van der Waals surface area (Å²) in [6, 6.07) is 43.1. The number of fused-ring (bicyclic) bond motifs is 3. The summed E-state index contributed by atoms with van der Waals surface area (Å²) in [5.41, 5.74) is 8.21. The predicted octanol–water partition coefficient (Wildman–Crippen LogP) is 11.3. The van der Waals surface area contributed by atoms with E-state index in [1.54, 1.807) is 5.19 Å². The van der Waals surface area contributed by atoms with Crippen molar-refractivity contribution < 1.29 is 20.1 Å². The molecule has 3 aromatic heterocycles. The number of rotatable bonds is 6. The number of thiophene rings is 1. The maximum atomic E-state index is 4.73.